The van der Waals surface area contributed by atoms with E-state index < -0.39 is 0 Å². The zero-order valence-electron chi connectivity index (χ0n) is 14.5. The van der Waals surface area contributed by atoms with Gasteiger partial charge in [0.25, 0.3) is 0 Å². The van der Waals surface area contributed by atoms with Crippen LogP contribution in [0.15, 0.2) is 47.5 Å². The summed E-state index contributed by atoms with van der Waals surface area (Å²) in [4.78, 5) is 4.26. The van der Waals surface area contributed by atoms with Crippen molar-refractivity contribution < 1.29 is 14.2 Å². The van der Waals surface area contributed by atoms with E-state index in [1.807, 2.05) is 42.5 Å². The molecule has 0 spiro atoms. The molecule has 0 saturated heterocycles. The lowest BCUT2D eigenvalue weighted by Crippen LogP contribution is -2.30. The summed E-state index contributed by atoms with van der Waals surface area (Å²) in [5, 5.41) is 6.56. The maximum atomic E-state index is 5.72. The Morgan fingerprint density at radius 3 is 2.56 bits per heavy atom. The Bertz CT molecular complexity index is 729. The Morgan fingerprint density at radius 2 is 1.84 bits per heavy atom. The van der Waals surface area contributed by atoms with Gasteiger partial charge in [0.05, 0.1) is 20.3 Å². The summed E-state index contributed by atoms with van der Waals surface area (Å²) in [6.45, 7) is 2.01. The van der Waals surface area contributed by atoms with Crippen LogP contribution in [0.5, 0.6) is 17.2 Å². The van der Waals surface area contributed by atoms with E-state index in [1.165, 1.54) is 0 Å². The van der Waals surface area contributed by atoms with Crippen molar-refractivity contribution in [3.05, 3.63) is 48.0 Å². The molecule has 0 unspecified atom stereocenters. The maximum absolute atomic E-state index is 5.72. The fourth-order valence-electron chi connectivity index (χ4n) is 2.49. The van der Waals surface area contributed by atoms with Crippen molar-refractivity contribution in [2.45, 2.75) is 13.0 Å². The topological polar surface area (TPSA) is 64.1 Å². The van der Waals surface area contributed by atoms with Crippen molar-refractivity contribution in [2.75, 3.05) is 32.7 Å². The van der Waals surface area contributed by atoms with Crippen molar-refractivity contribution >= 4 is 11.6 Å². The summed E-state index contributed by atoms with van der Waals surface area (Å²) in [5.41, 5.74) is 2.04. The van der Waals surface area contributed by atoms with Crippen LogP contribution in [-0.2, 0) is 6.54 Å². The molecule has 1 aliphatic rings. The van der Waals surface area contributed by atoms with Crippen LogP contribution in [0, 0.1) is 0 Å². The number of hydrogen-bond acceptors (Lipinski definition) is 4. The minimum Gasteiger partial charge on any atom is -0.497 e. The highest BCUT2D eigenvalue weighted by atomic mass is 16.5. The number of benzene rings is 2. The van der Waals surface area contributed by atoms with Crippen molar-refractivity contribution in [1.82, 2.24) is 5.32 Å². The summed E-state index contributed by atoms with van der Waals surface area (Å²) in [5.74, 6) is 3.07. The molecule has 6 nitrogen and oxygen atoms in total. The number of nitrogens with one attached hydrogen (secondary N) is 2. The van der Waals surface area contributed by atoms with Gasteiger partial charge in [-0.05, 0) is 29.8 Å². The minimum atomic E-state index is 0.661. The zero-order chi connectivity index (χ0) is 17.5. The van der Waals surface area contributed by atoms with Gasteiger partial charge in [-0.25, -0.2) is 0 Å². The molecular formula is C19H23N3O3. The molecule has 0 aromatic heterocycles. The monoisotopic (exact) mass is 341 g/mol. The number of fused-ring (bicyclic) bond motifs is 1. The van der Waals surface area contributed by atoms with Crippen molar-refractivity contribution in [3.8, 4) is 17.2 Å². The van der Waals surface area contributed by atoms with Crippen LogP contribution < -0.4 is 24.8 Å². The normalized spacial score (nSPS) is 13.8. The lowest BCUT2D eigenvalue weighted by atomic mass is 10.2. The molecule has 2 aromatic rings. The van der Waals surface area contributed by atoms with E-state index in [0.29, 0.717) is 25.7 Å². The van der Waals surface area contributed by atoms with Gasteiger partial charge in [0, 0.05) is 31.8 Å². The molecule has 0 bridgehead atoms. The van der Waals surface area contributed by atoms with Gasteiger partial charge in [-0.3, -0.25) is 4.99 Å². The largest absolute Gasteiger partial charge is 0.497 e. The van der Waals surface area contributed by atoms with Crippen LogP contribution in [-0.4, -0.2) is 33.3 Å². The number of ether oxygens (including phenoxy) is 3. The number of anilines is 1. The highest BCUT2D eigenvalue weighted by molar-refractivity contribution is 5.93. The molecule has 132 valence electrons. The molecule has 1 aliphatic heterocycles. The maximum Gasteiger partial charge on any atom is 0.195 e. The first-order valence-corrected chi connectivity index (χ1v) is 8.29. The molecule has 0 atom stereocenters. The summed E-state index contributed by atoms with van der Waals surface area (Å²) >= 11 is 0. The van der Waals surface area contributed by atoms with Crippen LogP contribution in [0.4, 0.5) is 5.69 Å². The van der Waals surface area contributed by atoms with Gasteiger partial charge in [0.2, 0.25) is 0 Å². The summed E-state index contributed by atoms with van der Waals surface area (Å²) in [7, 11) is 3.40. The number of rotatable bonds is 4. The second-order valence-electron chi connectivity index (χ2n) is 5.61. The van der Waals surface area contributed by atoms with Crippen LogP contribution >= 0.6 is 0 Å². The first-order valence-electron chi connectivity index (χ1n) is 8.29. The molecule has 0 saturated carbocycles. The lowest BCUT2D eigenvalue weighted by Gasteiger charge is -2.14. The van der Waals surface area contributed by atoms with E-state index in [2.05, 4.69) is 15.6 Å². The SMILES string of the molecule is CN=C(NCc1ccc(OC)cc1)Nc1ccc2c(c1)OCCCO2. The molecule has 2 aromatic carbocycles. The molecule has 25 heavy (non-hydrogen) atoms. The van der Waals surface area contributed by atoms with E-state index >= 15 is 0 Å². The van der Waals surface area contributed by atoms with E-state index in [1.54, 1.807) is 14.2 Å². The molecule has 0 radical (unpaired) electrons. The summed E-state index contributed by atoms with van der Waals surface area (Å²) in [6.07, 6.45) is 0.891. The van der Waals surface area contributed by atoms with E-state index in [-0.39, 0.29) is 0 Å². The Labute approximate surface area is 147 Å². The number of aliphatic imine (C=N–C) groups is 1. The van der Waals surface area contributed by atoms with Gasteiger partial charge in [0.15, 0.2) is 17.5 Å². The highest BCUT2D eigenvalue weighted by Crippen LogP contribution is 2.32. The predicted octanol–water partition coefficient (Wildman–Crippen LogP) is 3.04. The minimum absolute atomic E-state index is 0.661. The van der Waals surface area contributed by atoms with E-state index in [0.717, 1.165) is 34.9 Å². The zero-order valence-corrected chi connectivity index (χ0v) is 14.5. The Hall–Kier alpha value is -2.89. The Kier molecular flexibility index (Phi) is 5.61. The Balaban J connectivity index is 1.61. The Morgan fingerprint density at radius 1 is 1.08 bits per heavy atom. The van der Waals surface area contributed by atoms with Crippen LogP contribution in [0.1, 0.15) is 12.0 Å². The van der Waals surface area contributed by atoms with Gasteiger partial charge in [-0.15, -0.1) is 0 Å². The van der Waals surface area contributed by atoms with Gasteiger partial charge in [-0.2, -0.15) is 0 Å². The van der Waals surface area contributed by atoms with Crippen molar-refractivity contribution in [1.29, 1.82) is 0 Å². The number of hydrogen-bond donors (Lipinski definition) is 2. The smallest absolute Gasteiger partial charge is 0.195 e. The first-order chi connectivity index (χ1) is 12.3. The molecule has 0 aliphatic carbocycles. The van der Waals surface area contributed by atoms with Crippen molar-refractivity contribution in [3.63, 3.8) is 0 Å². The fraction of sp³-hybridized carbons (Fsp3) is 0.316. The molecule has 2 N–H and O–H groups in total. The average Bonchev–Trinajstić information content (AvgIpc) is 2.90. The van der Waals surface area contributed by atoms with Gasteiger partial charge in [0.1, 0.15) is 5.75 Å². The van der Waals surface area contributed by atoms with Gasteiger partial charge in [-0.1, -0.05) is 12.1 Å². The van der Waals surface area contributed by atoms with Gasteiger partial charge < -0.3 is 24.8 Å². The molecule has 6 heteroatoms. The summed E-state index contributed by atoms with van der Waals surface area (Å²) < 4.78 is 16.5. The number of nitrogens with zero attached hydrogens (tertiary/aromatic N) is 1. The standard InChI is InChI=1S/C19H23N3O3/c1-20-19(21-13-14-4-7-16(23-2)8-5-14)22-15-6-9-17-18(12-15)25-11-3-10-24-17/h4-9,12H,3,10-11,13H2,1-2H3,(H2,20,21,22). The van der Waals surface area contributed by atoms with Crippen LogP contribution in [0.3, 0.4) is 0 Å². The van der Waals surface area contributed by atoms with E-state index in [9.17, 15) is 0 Å². The van der Waals surface area contributed by atoms with Crippen LogP contribution in [0.25, 0.3) is 0 Å². The van der Waals surface area contributed by atoms with Crippen LogP contribution in [0.2, 0.25) is 0 Å². The second kappa shape index (κ2) is 8.28. The molecule has 0 amide bonds. The quantitative estimate of drug-likeness (QED) is 0.661. The van der Waals surface area contributed by atoms with Gasteiger partial charge >= 0.3 is 0 Å². The fourth-order valence-corrected chi connectivity index (χ4v) is 2.49. The third kappa shape index (κ3) is 4.56. The average molecular weight is 341 g/mol. The third-order valence-electron chi connectivity index (χ3n) is 3.85. The number of guanidine groups is 1. The lowest BCUT2D eigenvalue weighted by molar-refractivity contribution is 0.297. The highest BCUT2D eigenvalue weighted by Gasteiger charge is 2.11. The first kappa shape index (κ1) is 17.0. The molecular weight excluding hydrogens is 318 g/mol. The van der Waals surface area contributed by atoms with E-state index in [4.69, 9.17) is 14.2 Å². The molecule has 0 fully saturated rings. The predicted molar refractivity (Wildman–Crippen MR) is 98.9 cm³/mol. The molecule has 3 rings (SSSR count). The van der Waals surface area contributed by atoms with Crippen molar-refractivity contribution in [2.24, 2.45) is 4.99 Å². The second-order valence-corrected chi connectivity index (χ2v) is 5.61. The third-order valence-corrected chi connectivity index (χ3v) is 3.85. The summed E-state index contributed by atoms with van der Waals surface area (Å²) in [6, 6.07) is 13.7. The molecule has 1 heterocycles. The number of methoxy groups -OCH3 is 1.